The highest BCUT2D eigenvalue weighted by atomic mass is 16.2. The Morgan fingerprint density at radius 1 is 1.18 bits per heavy atom. The number of benzene rings is 1. The number of aromatic nitrogens is 3. The van der Waals surface area contributed by atoms with E-state index in [1.165, 1.54) is 4.68 Å². The molecular weight excluding hydrogens is 280 g/mol. The zero-order chi connectivity index (χ0) is 16.3. The van der Waals surface area contributed by atoms with Crippen molar-refractivity contribution in [1.29, 1.82) is 0 Å². The molecule has 6 nitrogen and oxygen atoms in total. The second-order valence-electron chi connectivity index (χ2n) is 5.87. The Bertz CT molecular complexity index is 713. The van der Waals surface area contributed by atoms with Gasteiger partial charge in [0.15, 0.2) is 0 Å². The summed E-state index contributed by atoms with van der Waals surface area (Å²) in [6, 6.07) is 7.34. The molecule has 0 radical (unpaired) electrons. The van der Waals surface area contributed by atoms with Crippen LogP contribution in [0.5, 0.6) is 0 Å². The summed E-state index contributed by atoms with van der Waals surface area (Å²) in [5.74, 6) is 0.0202. The summed E-state index contributed by atoms with van der Waals surface area (Å²) in [6.07, 6.45) is 0.239. The van der Waals surface area contributed by atoms with E-state index in [1.54, 1.807) is 18.2 Å². The third kappa shape index (κ3) is 3.32. The highest BCUT2D eigenvalue weighted by molar-refractivity contribution is 5.77. The zero-order valence-electron chi connectivity index (χ0n) is 13.5. The first-order valence-corrected chi connectivity index (χ1v) is 7.55. The predicted octanol–water partition coefficient (Wildman–Crippen LogP) is 1.83. The van der Waals surface area contributed by atoms with Crippen molar-refractivity contribution < 1.29 is 4.79 Å². The SMILES string of the molecule is CC(C)N(C(=O)CCn1nnc2ccccc2c1=O)C(C)C. The molecule has 0 atom stereocenters. The summed E-state index contributed by atoms with van der Waals surface area (Å²) in [5, 5.41) is 8.46. The van der Waals surface area contributed by atoms with Gasteiger partial charge in [0.25, 0.3) is 5.56 Å². The van der Waals surface area contributed by atoms with Crippen molar-refractivity contribution in [3.8, 4) is 0 Å². The molecule has 0 aliphatic heterocycles. The van der Waals surface area contributed by atoms with Crippen molar-refractivity contribution in [2.75, 3.05) is 0 Å². The maximum atomic E-state index is 12.3. The Morgan fingerprint density at radius 2 is 1.82 bits per heavy atom. The molecule has 0 aliphatic rings. The highest BCUT2D eigenvalue weighted by Crippen LogP contribution is 2.08. The van der Waals surface area contributed by atoms with Crippen LogP contribution in [-0.4, -0.2) is 37.9 Å². The van der Waals surface area contributed by atoms with E-state index in [9.17, 15) is 9.59 Å². The number of hydrogen-bond donors (Lipinski definition) is 0. The van der Waals surface area contributed by atoms with Gasteiger partial charge in [-0.25, -0.2) is 4.68 Å². The topological polar surface area (TPSA) is 68.1 Å². The van der Waals surface area contributed by atoms with Crippen LogP contribution in [0.4, 0.5) is 0 Å². The van der Waals surface area contributed by atoms with Crippen LogP contribution in [0.25, 0.3) is 10.9 Å². The number of hydrogen-bond acceptors (Lipinski definition) is 4. The number of aryl methyl sites for hydroxylation is 1. The lowest BCUT2D eigenvalue weighted by Crippen LogP contribution is -2.42. The molecule has 1 aromatic heterocycles. The Morgan fingerprint density at radius 3 is 2.45 bits per heavy atom. The quantitative estimate of drug-likeness (QED) is 0.845. The minimum atomic E-state index is -0.209. The van der Waals surface area contributed by atoms with Gasteiger partial charge in [0.2, 0.25) is 5.91 Å². The first kappa shape index (κ1) is 16.1. The number of amides is 1. The van der Waals surface area contributed by atoms with Crippen molar-refractivity contribution in [2.45, 2.75) is 52.7 Å². The molecule has 0 saturated heterocycles. The van der Waals surface area contributed by atoms with Gasteiger partial charge < -0.3 is 4.90 Å². The lowest BCUT2D eigenvalue weighted by molar-refractivity contribution is -0.135. The lowest BCUT2D eigenvalue weighted by Gasteiger charge is -2.30. The van der Waals surface area contributed by atoms with E-state index in [1.807, 2.05) is 38.7 Å². The second kappa shape index (κ2) is 6.68. The van der Waals surface area contributed by atoms with Crippen molar-refractivity contribution in [3.63, 3.8) is 0 Å². The van der Waals surface area contributed by atoms with Crippen molar-refractivity contribution in [3.05, 3.63) is 34.6 Å². The second-order valence-corrected chi connectivity index (χ2v) is 5.87. The minimum absolute atomic E-state index is 0.0202. The predicted molar refractivity (Wildman–Crippen MR) is 85.5 cm³/mol. The molecule has 2 aromatic rings. The molecule has 1 amide bonds. The summed E-state index contributed by atoms with van der Waals surface area (Å²) in [7, 11) is 0. The van der Waals surface area contributed by atoms with Gasteiger partial charge in [-0.05, 0) is 39.8 Å². The van der Waals surface area contributed by atoms with Gasteiger partial charge in [-0.2, -0.15) is 0 Å². The average Bonchev–Trinajstić information content (AvgIpc) is 2.46. The van der Waals surface area contributed by atoms with E-state index in [2.05, 4.69) is 10.3 Å². The summed E-state index contributed by atoms with van der Waals surface area (Å²) in [5.41, 5.74) is 0.361. The van der Waals surface area contributed by atoms with Crippen LogP contribution in [0.15, 0.2) is 29.1 Å². The van der Waals surface area contributed by atoms with Gasteiger partial charge in [0, 0.05) is 18.5 Å². The Labute approximate surface area is 129 Å². The monoisotopic (exact) mass is 302 g/mol. The molecule has 22 heavy (non-hydrogen) atoms. The lowest BCUT2D eigenvalue weighted by atomic mass is 10.2. The van der Waals surface area contributed by atoms with E-state index in [4.69, 9.17) is 0 Å². The van der Waals surface area contributed by atoms with Crippen molar-refractivity contribution in [2.24, 2.45) is 0 Å². The number of carbonyl (C=O) groups excluding carboxylic acids is 1. The third-order valence-corrected chi connectivity index (χ3v) is 3.57. The van der Waals surface area contributed by atoms with E-state index >= 15 is 0 Å². The molecule has 1 aromatic carbocycles. The third-order valence-electron chi connectivity index (χ3n) is 3.57. The molecule has 118 valence electrons. The molecule has 0 aliphatic carbocycles. The molecule has 0 unspecified atom stereocenters. The van der Waals surface area contributed by atoms with Crippen LogP contribution < -0.4 is 5.56 Å². The van der Waals surface area contributed by atoms with Gasteiger partial charge in [-0.15, -0.1) is 5.10 Å². The van der Waals surface area contributed by atoms with Crippen LogP contribution in [-0.2, 0) is 11.3 Å². The summed E-state index contributed by atoms with van der Waals surface area (Å²) >= 11 is 0. The molecule has 0 spiro atoms. The van der Waals surface area contributed by atoms with Gasteiger partial charge >= 0.3 is 0 Å². The van der Waals surface area contributed by atoms with E-state index < -0.39 is 0 Å². The van der Waals surface area contributed by atoms with Gasteiger partial charge in [-0.1, -0.05) is 17.3 Å². The standard InChI is InChI=1S/C16H22N4O2/c1-11(2)20(12(3)4)15(21)9-10-19-16(22)13-7-5-6-8-14(13)17-18-19/h5-8,11-12H,9-10H2,1-4H3. The number of fused-ring (bicyclic) bond motifs is 1. The summed E-state index contributed by atoms with van der Waals surface area (Å²) < 4.78 is 1.26. The first-order valence-electron chi connectivity index (χ1n) is 7.55. The van der Waals surface area contributed by atoms with Crippen LogP contribution in [0.1, 0.15) is 34.1 Å². The molecular formula is C16H22N4O2. The first-order chi connectivity index (χ1) is 10.4. The Hall–Kier alpha value is -2.24. The summed E-state index contributed by atoms with van der Waals surface area (Å²) in [4.78, 5) is 26.5. The van der Waals surface area contributed by atoms with Crippen LogP contribution in [0.2, 0.25) is 0 Å². The smallest absolute Gasteiger partial charge is 0.277 e. The normalized spacial score (nSPS) is 11.4. The van der Waals surface area contributed by atoms with E-state index in [-0.39, 0.29) is 36.5 Å². The number of carbonyl (C=O) groups is 1. The van der Waals surface area contributed by atoms with Crippen molar-refractivity contribution in [1.82, 2.24) is 19.9 Å². The van der Waals surface area contributed by atoms with Gasteiger partial charge in [0.1, 0.15) is 5.52 Å². The zero-order valence-corrected chi connectivity index (χ0v) is 13.5. The maximum absolute atomic E-state index is 12.3. The van der Waals surface area contributed by atoms with Crippen LogP contribution in [0, 0.1) is 0 Å². The Balaban J connectivity index is 2.17. The fourth-order valence-electron chi connectivity index (χ4n) is 2.67. The van der Waals surface area contributed by atoms with Gasteiger partial charge in [0.05, 0.1) is 11.9 Å². The molecule has 0 bridgehead atoms. The Kier molecular flexibility index (Phi) is 4.90. The maximum Gasteiger partial charge on any atom is 0.277 e. The fourth-order valence-corrected chi connectivity index (χ4v) is 2.67. The molecule has 6 heteroatoms. The molecule has 2 rings (SSSR count). The van der Waals surface area contributed by atoms with E-state index in [0.717, 1.165) is 0 Å². The number of nitrogens with zero attached hydrogens (tertiary/aromatic N) is 4. The van der Waals surface area contributed by atoms with Gasteiger partial charge in [-0.3, -0.25) is 9.59 Å². The number of rotatable bonds is 5. The molecule has 0 fully saturated rings. The largest absolute Gasteiger partial charge is 0.338 e. The summed E-state index contributed by atoms with van der Waals surface area (Å²) in [6.45, 7) is 8.19. The van der Waals surface area contributed by atoms with Crippen molar-refractivity contribution >= 4 is 16.8 Å². The van der Waals surface area contributed by atoms with E-state index in [0.29, 0.717) is 10.9 Å². The average molecular weight is 302 g/mol. The minimum Gasteiger partial charge on any atom is -0.338 e. The fraction of sp³-hybridized carbons (Fsp3) is 0.500. The molecule has 0 saturated carbocycles. The van der Waals surface area contributed by atoms with Crippen LogP contribution >= 0.6 is 0 Å². The highest BCUT2D eigenvalue weighted by Gasteiger charge is 2.20. The molecule has 1 heterocycles. The molecule has 0 N–H and O–H groups in total. The van der Waals surface area contributed by atoms with Crippen LogP contribution in [0.3, 0.4) is 0 Å².